The molecule has 0 aliphatic carbocycles. The molecule has 1 N–H and O–H groups in total. The van der Waals surface area contributed by atoms with Crippen LogP contribution in [0.25, 0.3) is 0 Å². The topological polar surface area (TPSA) is 24.9 Å². The summed E-state index contributed by atoms with van der Waals surface area (Å²) in [6, 6.07) is 6.87. The van der Waals surface area contributed by atoms with Gasteiger partial charge < -0.3 is 5.32 Å². The average molecular weight is 353 g/mol. The van der Waals surface area contributed by atoms with Crippen LogP contribution in [-0.4, -0.2) is 11.5 Å². The minimum atomic E-state index is 0.354. The zero-order valence-corrected chi connectivity index (χ0v) is 14.6. The summed E-state index contributed by atoms with van der Waals surface area (Å²) in [6.07, 6.45) is 4.89. The molecule has 0 bridgehead atoms. The van der Waals surface area contributed by atoms with Gasteiger partial charge >= 0.3 is 0 Å². The molecule has 20 heavy (non-hydrogen) atoms. The molecule has 2 aromatic rings. The van der Waals surface area contributed by atoms with Gasteiger partial charge in [0.25, 0.3) is 0 Å². The molecule has 0 amide bonds. The third kappa shape index (κ3) is 3.68. The zero-order chi connectivity index (χ0) is 14.5. The molecule has 0 radical (unpaired) electrons. The number of rotatable bonds is 6. The Balaban J connectivity index is 2.27. The lowest BCUT2D eigenvalue weighted by molar-refractivity contribution is 0.472. The maximum absolute atomic E-state index is 4.11. The smallest absolute Gasteiger partial charge is 0.0731 e. The highest BCUT2D eigenvalue weighted by molar-refractivity contribution is 9.11. The van der Waals surface area contributed by atoms with Gasteiger partial charge in [-0.1, -0.05) is 13.8 Å². The highest BCUT2D eigenvalue weighted by Gasteiger charge is 2.22. The molecule has 0 aliphatic heterocycles. The zero-order valence-electron chi connectivity index (χ0n) is 12.2. The van der Waals surface area contributed by atoms with Gasteiger partial charge in [-0.3, -0.25) is 4.98 Å². The summed E-state index contributed by atoms with van der Waals surface area (Å²) in [5.74, 6) is 0.425. The lowest BCUT2D eigenvalue weighted by atomic mass is 9.92. The van der Waals surface area contributed by atoms with E-state index < -0.39 is 0 Å². The van der Waals surface area contributed by atoms with Crippen LogP contribution in [0.5, 0.6) is 0 Å². The molecule has 4 heteroatoms. The number of thiophene rings is 1. The Morgan fingerprint density at radius 1 is 1.35 bits per heavy atom. The number of nitrogens with one attached hydrogen (secondary N) is 1. The van der Waals surface area contributed by atoms with Gasteiger partial charge in [0.1, 0.15) is 0 Å². The van der Waals surface area contributed by atoms with Crippen LogP contribution in [0.15, 0.2) is 34.4 Å². The van der Waals surface area contributed by atoms with Crippen molar-refractivity contribution in [1.82, 2.24) is 10.3 Å². The summed E-state index contributed by atoms with van der Waals surface area (Å²) in [6.45, 7) is 7.68. The molecule has 0 saturated heterocycles. The molecule has 0 aromatic carbocycles. The highest BCUT2D eigenvalue weighted by atomic mass is 79.9. The number of aryl methyl sites for hydroxylation is 1. The van der Waals surface area contributed by atoms with Gasteiger partial charge in [0.2, 0.25) is 0 Å². The second-order valence-electron chi connectivity index (χ2n) is 5.11. The number of hydrogen-bond acceptors (Lipinski definition) is 3. The predicted octanol–water partition coefficient (Wildman–Crippen LogP) is 5.06. The van der Waals surface area contributed by atoms with Crippen LogP contribution >= 0.6 is 27.3 Å². The molecule has 2 heterocycles. The molecule has 0 saturated carbocycles. The van der Waals surface area contributed by atoms with Crippen molar-refractivity contribution in [3.63, 3.8) is 0 Å². The number of hydrogen-bond donors (Lipinski definition) is 1. The normalized spacial score (nSPS) is 14.2. The van der Waals surface area contributed by atoms with E-state index in [1.807, 2.05) is 23.7 Å². The minimum Gasteiger partial charge on any atom is -0.309 e. The van der Waals surface area contributed by atoms with Crippen molar-refractivity contribution >= 4 is 27.3 Å². The van der Waals surface area contributed by atoms with Crippen molar-refractivity contribution in [2.75, 3.05) is 6.54 Å². The lowest BCUT2D eigenvalue weighted by Gasteiger charge is -2.24. The number of halogens is 1. The first-order chi connectivity index (χ1) is 9.63. The van der Waals surface area contributed by atoms with Gasteiger partial charge in [0.15, 0.2) is 0 Å². The molecule has 0 fully saturated rings. The Morgan fingerprint density at radius 3 is 2.60 bits per heavy atom. The molecule has 2 unspecified atom stereocenters. The fraction of sp³-hybridized carbons (Fsp3) is 0.438. The van der Waals surface area contributed by atoms with Gasteiger partial charge in [-0.2, -0.15) is 0 Å². The first-order valence-electron chi connectivity index (χ1n) is 7.02. The van der Waals surface area contributed by atoms with Crippen molar-refractivity contribution in [3.05, 3.63) is 50.4 Å². The summed E-state index contributed by atoms with van der Waals surface area (Å²) >= 11 is 5.47. The van der Waals surface area contributed by atoms with Crippen LogP contribution in [0.2, 0.25) is 0 Å². The van der Waals surface area contributed by atoms with Gasteiger partial charge in [0.05, 0.1) is 3.79 Å². The average Bonchev–Trinajstić information content (AvgIpc) is 2.79. The SMILES string of the molecule is CCCNC(c1cc(C)c(Br)s1)C(C)c1ccncc1. The fourth-order valence-corrected chi connectivity index (χ4v) is 4.07. The van der Waals surface area contributed by atoms with E-state index in [1.165, 1.54) is 19.8 Å². The van der Waals surface area contributed by atoms with Crippen molar-refractivity contribution in [2.45, 2.75) is 39.2 Å². The molecule has 2 atom stereocenters. The number of pyridine rings is 1. The Kier molecular flexibility index (Phi) is 5.75. The van der Waals surface area contributed by atoms with E-state index in [-0.39, 0.29) is 0 Å². The first-order valence-corrected chi connectivity index (χ1v) is 8.63. The molecular weight excluding hydrogens is 332 g/mol. The monoisotopic (exact) mass is 352 g/mol. The van der Waals surface area contributed by atoms with Crippen molar-refractivity contribution < 1.29 is 0 Å². The van der Waals surface area contributed by atoms with E-state index >= 15 is 0 Å². The number of nitrogens with zero attached hydrogens (tertiary/aromatic N) is 1. The van der Waals surface area contributed by atoms with Crippen molar-refractivity contribution in [2.24, 2.45) is 0 Å². The summed E-state index contributed by atoms with van der Waals surface area (Å²) in [7, 11) is 0. The predicted molar refractivity (Wildman–Crippen MR) is 90.4 cm³/mol. The van der Waals surface area contributed by atoms with Crippen LogP contribution in [0.1, 0.15) is 48.2 Å². The maximum atomic E-state index is 4.11. The first kappa shape index (κ1) is 15.7. The second kappa shape index (κ2) is 7.34. The number of aromatic nitrogens is 1. The molecule has 2 nitrogen and oxygen atoms in total. The molecule has 0 aliphatic rings. The van der Waals surface area contributed by atoms with E-state index in [0.29, 0.717) is 12.0 Å². The van der Waals surface area contributed by atoms with Crippen molar-refractivity contribution in [3.8, 4) is 0 Å². The molecule has 0 spiro atoms. The van der Waals surface area contributed by atoms with E-state index in [1.54, 1.807) is 0 Å². The largest absolute Gasteiger partial charge is 0.309 e. The summed E-state index contributed by atoms with van der Waals surface area (Å²) in [4.78, 5) is 5.51. The van der Waals surface area contributed by atoms with E-state index in [0.717, 1.165) is 13.0 Å². The standard InChI is InChI=1S/C16H21BrN2S/c1-4-7-19-15(14-10-11(2)16(17)20-14)12(3)13-5-8-18-9-6-13/h5-6,8-10,12,15,19H,4,7H2,1-3H3. The summed E-state index contributed by atoms with van der Waals surface area (Å²) in [5.41, 5.74) is 2.64. The van der Waals surface area contributed by atoms with Gasteiger partial charge in [-0.25, -0.2) is 0 Å². The molecule has 108 valence electrons. The van der Waals surface area contributed by atoms with Crippen LogP contribution in [-0.2, 0) is 0 Å². The van der Waals surface area contributed by atoms with Crippen LogP contribution in [0.3, 0.4) is 0 Å². The van der Waals surface area contributed by atoms with Crippen molar-refractivity contribution in [1.29, 1.82) is 0 Å². The summed E-state index contributed by atoms with van der Waals surface area (Å²) < 4.78 is 1.23. The van der Waals surface area contributed by atoms with E-state index in [9.17, 15) is 0 Å². The second-order valence-corrected chi connectivity index (χ2v) is 7.51. The Bertz CT molecular complexity index is 519. The molecular formula is C16H21BrN2S. The van der Waals surface area contributed by atoms with Crippen LogP contribution in [0, 0.1) is 6.92 Å². The Hall–Kier alpha value is -0.710. The third-order valence-electron chi connectivity index (χ3n) is 3.53. The van der Waals surface area contributed by atoms with Gasteiger partial charge in [-0.15, -0.1) is 11.3 Å². The minimum absolute atomic E-state index is 0.354. The Labute approximate surface area is 133 Å². The third-order valence-corrected chi connectivity index (χ3v) is 5.75. The van der Waals surface area contributed by atoms with E-state index in [4.69, 9.17) is 0 Å². The van der Waals surface area contributed by atoms with E-state index in [2.05, 4.69) is 65.2 Å². The fourth-order valence-electron chi connectivity index (χ4n) is 2.32. The quantitative estimate of drug-likeness (QED) is 0.785. The molecule has 2 aromatic heterocycles. The van der Waals surface area contributed by atoms with Gasteiger partial charge in [-0.05, 0) is 65.1 Å². The highest BCUT2D eigenvalue weighted by Crippen LogP contribution is 2.37. The Morgan fingerprint density at radius 2 is 2.05 bits per heavy atom. The van der Waals surface area contributed by atoms with Crippen LogP contribution in [0.4, 0.5) is 0 Å². The lowest BCUT2D eigenvalue weighted by Crippen LogP contribution is -2.26. The summed E-state index contributed by atoms with van der Waals surface area (Å²) in [5, 5.41) is 3.69. The van der Waals surface area contributed by atoms with Crippen LogP contribution < -0.4 is 5.32 Å². The maximum Gasteiger partial charge on any atom is 0.0731 e. The van der Waals surface area contributed by atoms with Gasteiger partial charge in [0, 0.05) is 29.2 Å². The molecule has 2 rings (SSSR count).